The molecule has 0 aromatic heterocycles. The van der Waals surface area contributed by atoms with Crippen molar-refractivity contribution in [2.45, 2.75) is 89.8 Å². The van der Waals surface area contributed by atoms with Crippen LogP contribution in [-0.4, -0.2) is 23.9 Å². The van der Waals surface area contributed by atoms with Gasteiger partial charge in [-0.15, -0.1) is 0 Å². The smallest absolute Gasteiger partial charge is 0.107 e. The van der Waals surface area contributed by atoms with E-state index in [0.29, 0.717) is 0 Å². The molecule has 0 amide bonds. The summed E-state index contributed by atoms with van der Waals surface area (Å²) in [5.41, 5.74) is 0. The lowest BCUT2D eigenvalue weighted by Gasteiger charge is -2.06. The monoisotopic (exact) mass is 242 g/mol. The van der Waals surface area contributed by atoms with Crippen LogP contribution >= 0.6 is 0 Å². The first kappa shape index (κ1) is 15.0. The zero-order valence-electron chi connectivity index (χ0n) is 11.5. The lowest BCUT2D eigenvalue weighted by Crippen LogP contribution is -2.13. The lowest BCUT2D eigenvalue weighted by molar-refractivity contribution is 0.123. The van der Waals surface area contributed by atoms with E-state index in [0.717, 1.165) is 19.4 Å². The van der Waals surface area contributed by atoms with Crippen molar-refractivity contribution in [3.05, 3.63) is 0 Å². The highest BCUT2D eigenvalue weighted by Gasteiger charge is 2.30. The Hall–Kier alpha value is -0.0800. The van der Waals surface area contributed by atoms with Crippen molar-refractivity contribution in [1.29, 1.82) is 0 Å². The maximum atomic E-state index is 9.59. The van der Waals surface area contributed by atoms with E-state index in [2.05, 4.69) is 6.92 Å². The molecule has 0 aliphatic carbocycles. The summed E-state index contributed by atoms with van der Waals surface area (Å²) in [7, 11) is 0. The molecule has 1 rings (SSSR count). The second-order valence-electron chi connectivity index (χ2n) is 5.41. The van der Waals surface area contributed by atoms with Crippen LogP contribution in [0.15, 0.2) is 0 Å². The van der Waals surface area contributed by atoms with Crippen LogP contribution in [0.25, 0.3) is 0 Å². The molecule has 2 nitrogen and oxygen atoms in total. The summed E-state index contributed by atoms with van der Waals surface area (Å²) in [4.78, 5) is 0. The molecule has 0 aromatic rings. The summed E-state index contributed by atoms with van der Waals surface area (Å²) in [5, 5.41) is 9.59. The fourth-order valence-corrected chi connectivity index (χ4v) is 2.30. The maximum absolute atomic E-state index is 9.59. The van der Waals surface area contributed by atoms with Gasteiger partial charge in [0.2, 0.25) is 0 Å². The molecular weight excluding hydrogens is 212 g/mol. The van der Waals surface area contributed by atoms with Crippen molar-refractivity contribution >= 4 is 0 Å². The summed E-state index contributed by atoms with van der Waals surface area (Å²) in [6.07, 6.45) is 14.5. The Labute approximate surface area is 107 Å². The molecule has 0 saturated carbocycles. The van der Waals surface area contributed by atoms with Gasteiger partial charge < -0.3 is 9.84 Å². The number of ether oxygens (including phenoxy) is 1. The van der Waals surface area contributed by atoms with Crippen molar-refractivity contribution in [3.63, 3.8) is 0 Å². The third-order valence-corrected chi connectivity index (χ3v) is 3.64. The van der Waals surface area contributed by atoms with Crippen LogP contribution in [0, 0.1) is 0 Å². The molecule has 1 saturated heterocycles. The van der Waals surface area contributed by atoms with Gasteiger partial charge in [0, 0.05) is 0 Å². The van der Waals surface area contributed by atoms with E-state index < -0.39 is 0 Å². The number of aliphatic hydroxyl groups excluding tert-OH is 1. The molecule has 0 bridgehead atoms. The van der Waals surface area contributed by atoms with Gasteiger partial charge in [0.15, 0.2) is 0 Å². The first-order chi connectivity index (χ1) is 8.34. The molecule has 0 unspecified atom stereocenters. The number of epoxide rings is 1. The summed E-state index contributed by atoms with van der Waals surface area (Å²) < 4.78 is 5.06. The van der Waals surface area contributed by atoms with Crippen molar-refractivity contribution in [3.8, 4) is 0 Å². The molecule has 1 aliphatic heterocycles. The second-order valence-corrected chi connectivity index (χ2v) is 5.41. The van der Waals surface area contributed by atoms with Crippen LogP contribution in [0.2, 0.25) is 0 Å². The van der Waals surface area contributed by atoms with Crippen molar-refractivity contribution in [1.82, 2.24) is 0 Å². The molecule has 1 N–H and O–H groups in total. The van der Waals surface area contributed by atoms with E-state index in [1.807, 2.05) is 0 Å². The van der Waals surface area contributed by atoms with Gasteiger partial charge in [0.25, 0.3) is 0 Å². The van der Waals surface area contributed by atoms with Gasteiger partial charge in [0.05, 0.1) is 12.7 Å². The van der Waals surface area contributed by atoms with Gasteiger partial charge in [-0.25, -0.2) is 0 Å². The Balaban J connectivity index is 1.69. The van der Waals surface area contributed by atoms with Gasteiger partial charge in [-0.2, -0.15) is 0 Å². The quantitative estimate of drug-likeness (QED) is 0.413. The highest BCUT2D eigenvalue weighted by atomic mass is 16.6. The van der Waals surface area contributed by atoms with E-state index in [1.165, 1.54) is 57.8 Å². The zero-order chi connectivity index (χ0) is 12.3. The van der Waals surface area contributed by atoms with Gasteiger partial charge in [-0.05, 0) is 6.42 Å². The van der Waals surface area contributed by atoms with E-state index in [9.17, 15) is 5.11 Å². The summed E-state index contributed by atoms with van der Waals surface area (Å²) in [6.45, 7) is 3.04. The molecule has 0 spiro atoms. The fourth-order valence-electron chi connectivity index (χ4n) is 2.30. The van der Waals surface area contributed by atoms with Gasteiger partial charge >= 0.3 is 0 Å². The van der Waals surface area contributed by atoms with Crippen LogP contribution in [0.5, 0.6) is 0 Å². The average Bonchev–Trinajstić information content (AvgIpc) is 3.15. The summed E-state index contributed by atoms with van der Waals surface area (Å²) >= 11 is 0. The standard InChI is InChI=1S/C15H30O2/c1-2-3-4-5-6-7-8-9-10-11-12-14(16)15-13-17-15/h14-16H,2-13H2,1H3/t14-,15-/m1/s1. The Morgan fingerprint density at radius 1 is 0.941 bits per heavy atom. The van der Waals surface area contributed by atoms with Crippen molar-refractivity contribution < 1.29 is 9.84 Å². The highest BCUT2D eigenvalue weighted by molar-refractivity contribution is 4.77. The van der Waals surface area contributed by atoms with Gasteiger partial charge in [-0.3, -0.25) is 0 Å². The molecule has 2 atom stereocenters. The van der Waals surface area contributed by atoms with Crippen LogP contribution in [0.1, 0.15) is 77.6 Å². The average molecular weight is 242 g/mol. The minimum absolute atomic E-state index is 0.175. The molecular formula is C15H30O2. The number of aliphatic hydroxyl groups is 1. The fraction of sp³-hybridized carbons (Fsp3) is 1.00. The van der Waals surface area contributed by atoms with Crippen LogP contribution in [-0.2, 0) is 4.74 Å². The van der Waals surface area contributed by atoms with E-state index in [1.54, 1.807) is 0 Å². The second kappa shape index (κ2) is 9.90. The van der Waals surface area contributed by atoms with Gasteiger partial charge in [0.1, 0.15) is 6.10 Å². The highest BCUT2D eigenvalue weighted by Crippen LogP contribution is 2.19. The molecule has 17 heavy (non-hydrogen) atoms. The number of hydrogen-bond acceptors (Lipinski definition) is 2. The number of rotatable bonds is 12. The Bertz CT molecular complexity index is 166. The van der Waals surface area contributed by atoms with Gasteiger partial charge in [-0.1, -0.05) is 71.1 Å². The minimum atomic E-state index is -0.191. The van der Waals surface area contributed by atoms with E-state index in [-0.39, 0.29) is 12.2 Å². The third-order valence-electron chi connectivity index (χ3n) is 3.64. The maximum Gasteiger partial charge on any atom is 0.107 e. The lowest BCUT2D eigenvalue weighted by atomic mass is 10.0. The first-order valence-corrected chi connectivity index (χ1v) is 7.64. The molecule has 0 radical (unpaired) electrons. The zero-order valence-corrected chi connectivity index (χ0v) is 11.5. The topological polar surface area (TPSA) is 32.8 Å². The third kappa shape index (κ3) is 8.62. The predicted molar refractivity (Wildman–Crippen MR) is 72.2 cm³/mol. The molecule has 1 fully saturated rings. The van der Waals surface area contributed by atoms with Crippen LogP contribution in [0.3, 0.4) is 0 Å². The molecule has 1 aliphatic rings. The van der Waals surface area contributed by atoms with Crippen LogP contribution in [0.4, 0.5) is 0 Å². The SMILES string of the molecule is CCCCCCCCCCCC[C@@H](O)[C@H]1CO1. The molecule has 102 valence electrons. The summed E-state index contributed by atoms with van der Waals surface area (Å²) in [6, 6.07) is 0. The molecule has 1 heterocycles. The molecule has 0 aromatic carbocycles. The van der Waals surface area contributed by atoms with Crippen molar-refractivity contribution in [2.75, 3.05) is 6.61 Å². The van der Waals surface area contributed by atoms with Crippen molar-refractivity contribution in [2.24, 2.45) is 0 Å². The number of unbranched alkanes of at least 4 members (excludes halogenated alkanes) is 9. The van der Waals surface area contributed by atoms with Crippen LogP contribution < -0.4 is 0 Å². The van der Waals surface area contributed by atoms with E-state index in [4.69, 9.17) is 4.74 Å². The predicted octanol–water partition coefficient (Wildman–Crippen LogP) is 4.06. The van der Waals surface area contributed by atoms with E-state index >= 15 is 0 Å². The Morgan fingerprint density at radius 2 is 1.41 bits per heavy atom. The Kier molecular flexibility index (Phi) is 8.72. The summed E-state index contributed by atoms with van der Waals surface area (Å²) in [5.74, 6) is 0. The Morgan fingerprint density at radius 3 is 1.88 bits per heavy atom. The normalized spacial score (nSPS) is 20.5. The largest absolute Gasteiger partial charge is 0.390 e. The molecule has 2 heteroatoms. The first-order valence-electron chi connectivity index (χ1n) is 7.64. The minimum Gasteiger partial charge on any atom is -0.390 e. The number of hydrogen-bond donors (Lipinski definition) is 1.